The standard InChI is InChI=1S/C16H19ClN4O3S/c1-11-14(17)15(20(2)19-11)16(22)18-12-5-7-13(8-6-12)25(23,24)21-9-3-4-10-21/h5-8H,3-4,9-10H2,1-2H3,(H,18,22). The van der Waals surface area contributed by atoms with Gasteiger partial charge in [0.2, 0.25) is 10.0 Å². The van der Waals surface area contributed by atoms with E-state index in [1.54, 1.807) is 26.1 Å². The molecule has 0 aliphatic carbocycles. The summed E-state index contributed by atoms with van der Waals surface area (Å²) in [5.74, 6) is -0.400. The second-order valence-corrected chi connectivity index (χ2v) is 8.28. The lowest BCUT2D eigenvalue weighted by Gasteiger charge is -2.15. The van der Waals surface area contributed by atoms with Crippen LogP contribution in [0.4, 0.5) is 5.69 Å². The number of aromatic nitrogens is 2. The molecule has 3 rings (SSSR count). The van der Waals surface area contributed by atoms with Gasteiger partial charge in [-0.3, -0.25) is 9.48 Å². The average Bonchev–Trinajstić information content (AvgIpc) is 3.17. The van der Waals surface area contributed by atoms with Gasteiger partial charge < -0.3 is 5.32 Å². The van der Waals surface area contributed by atoms with E-state index < -0.39 is 15.9 Å². The van der Waals surface area contributed by atoms with Crippen molar-refractivity contribution in [1.29, 1.82) is 0 Å². The van der Waals surface area contributed by atoms with Crippen LogP contribution in [0.2, 0.25) is 5.02 Å². The largest absolute Gasteiger partial charge is 0.321 e. The van der Waals surface area contributed by atoms with Crippen molar-refractivity contribution in [3.05, 3.63) is 40.7 Å². The van der Waals surface area contributed by atoms with Gasteiger partial charge >= 0.3 is 0 Å². The molecule has 134 valence electrons. The number of sulfonamides is 1. The molecule has 1 saturated heterocycles. The van der Waals surface area contributed by atoms with Gasteiger partial charge in [0, 0.05) is 25.8 Å². The number of hydrogen-bond acceptors (Lipinski definition) is 4. The van der Waals surface area contributed by atoms with Gasteiger partial charge in [0.25, 0.3) is 5.91 Å². The van der Waals surface area contributed by atoms with Crippen LogP contribution < -0.4 is 5.32 Å². The van der Waals surface area contributed by atoms with Gasteiger partial charge in [0.05, 0.1) is 15.6 Å². The fourth-order valence-electron chi connectivity index (χ4n) is 2.86. The summed E-state index contributed by atoms with van der Waals surface area (Å²) < 4.78 is 27.9. The van der Waals surface area contributed by atoms with Crippen molar-refractivity contribution in [3.63, 3.8) is 0 Å². The molecule has 1 aliphatic rings. The molecule has 0 saturated carbocycles. The van der Waals surface area contributed by atoms with Crippen LogP contribution in [0.1, 0.15) is 29.0 Å². The molecule has 2 aromatic rings. The molecule has 0 radical (unpaired) electrons. The molecule has 0 bridgehead atoms. The number of nitrogens with zero attached hydrogens (tertiary/aromatic N) is 3. The van der Waals surface area contributed by atoms with Crippen molar-refractivity contribution in [3.8, 4) is 0 Å². The average molecular weight is 383 g/mol. The molecule has 0 atom stereocenters. The van der Waals surface area contributed by atoms with Crippen molar-refractivity contribution in [2.75, 3.05) is 18.4 Å². The first kappa shape index (κ1) is 17.9. The molecule has 1 aromatic heterocycles. The number of anilines is 1. The van der Waals surface area contributed by atoms with Gasteiger partial charge in [-0.05, 0) is 44.0 Å². The van der Waals surface area contributed by atoms with Crippen LogP contribution in [-0.2, 0) is 17.1 Å². The molecule has 2 heterocycles. The predicted octanol–water partition coefficient (Wildman–Crippen LogP) is 2.42. The van der Waals surface area contributed by atoms with E-state index in [0.717, 1.165) is 12.8 Å². The zero-order valence-electron chi connectivity index (χ0n) is 14.0. The quantitative estimate of drug-likeness (QED) is 0.880. The first-order valence-electron chi connectivity index (χ1n) is 7.91. The van der Waals surface area contributed by atoms with E-state index in [4.69, 9.17) is 11.6 Å². The highest BCUT2D eigenvalue weighted by atomic mass is 35.5. The minimum atomic E-state index is -3.46. The molecule has 0 spiro atoms. The third kappa shape index (κ3) is 3.42. The van der Waals surface area contributed by atoms with E-state index in [1.165, 1.54) is 21.1 Å². The molecule has 1 amide bonds. The third-order valence-corrected chi connectivity index (χ3v) is 6.54. The van der Waals surface area contributed by atoms with Crippen LogP contribution in [0.3, 0.4) is 0 Å². The molecule has 1 aromatic carbocycles. The van der Waals surface area contributed by atoms with Gasteiger partial charge in [-0.15, -0.1) is 0 Å². The van der Waals surface area contributed by atoms with Crippen molar-refractivity contribution < 1.29 is 13.2 Å². The molecule has 1 fully saturated rings. The van der Waals surface area contributed by atoms with E-state index in [0.29, 0.717) is 29.5 Å². The van der Waals surface area contributed by atoms with Crippen LogP contribution in [0.25, 0.3) is 0 Å². The maximum atomic E-state index is 12.5. The normalized spacial score (nSPS) is 15.5. The molecule has 9 heteroatoms. The van der Waals surface area contributed by atoms with E-state index in [2.05, 4.69) is 10.4 Å². The first-order chi connectivity index (χ1) is 11.8. The summed E-state index contributed by atoms with van der Waals surface area (Å²) in [5.41, 5.74) is 1.31. The second-order valence-electron chi connectivity index (χ2n) is 5.96. The predicted molar refractivity (Wildman–Crippen MR) is 95.3 cm³/mol. The lowest BCUT2D eigenvalue weighted by Crippen LogP contribution is -2.27. The Kier molecular flexibility index (Phi) is 4.86. The molecule has 25 heavy (non-hydrogen) atoms. The summed E-state index contributed by atoms with van der Waals surface area (Å²) in [6, 6.07) is 6.13. The number of hydrogen-bond donors (Lipinski definition) is 1. The van der Waals surface area contributed by atoms with Crippen LogP contribution in [0.5, 0.6) is 0 Å². The summed E-state index contributed by atoms with van der Waals surface area (Å²) in [5, 5.41) is 7.11. The zero-order chi connectivity index (χ0) is 18.2. The smallest absolute Gasteiger partial charge is 0.275 e. The molecule has 0 unspecified atom stereocenters. The van der Waals surface area contributed by atoms with Crippen molar-refractivity contribution >= 4 is 33.2 Å². The van der Waals surface area contributed by atoms with Gasteiger partial charge in [0.15, 0.2) is 0 Å². The van der Waals surface area contributed by atoms with E-state index >= 15 is 0 Å². The van der Waals surface area contributed by atoms with Crippen LogP contribution in [-0.4, -0.2) is 41.5 Å². The number of carbonyl (C=O) groups is 1. The van der Waals surface area contributed by atoms with Crippen LogP contribution in [0, 0.1) is 6.92 Å². The highest BCUT2D eigenvalue weighted by Gasteiger charge is 2.27. The van der Waals surface area contributed by atoms with Crippen molar-refractivity contribution in [2.24, 2.45) is 7.05 Å². The number of rotatable bonds is 4. The lowest BCUT2D eigenvalue weighted by atomic mass is 10.3. The maximum absolute atomic E-state index is 12.5. The van der Waals surface area contributed by atoms with E-state index in [-0.39, 0.29) is 10.6 Å². The van der Waals surface area contributed by atoms with E-state index in [1.807, 2.05) is 0 Å². The minimum absolute atomic E-state index is 0.224. The Morgan fingerprint density at radius 3 is 2.32 bits per heavy atom. The van der Waals surface area contributed by atoms with E-state index in [9.17, 15) is 13.2 Å². The zero-order valence-corrected chi connectivity index (χ0v) is 15.6. The number of amides is 1. The second kappa shape index (κ2) is 6.78. The number of halogens is 1. The Bertz CT molecular complexity index is 900. The number of carbonyl (C=O) groups excluding carboxylic acids is 1. The SMILES string of the molecule is Cc1nn(C)c(C(=O)Nc2ccc(S(=O)(=O)N3CCCC3)cc2)c1Cl. The Balaban J connectivity index is 1.78. The summed E-state index contributed by atoms with van der Waals surface area (Å²) >= 11 is 6.10. The highest BCUT2D eigenvalue weighted by molar-refractivity contribution is 7.89. The lowest BCUT2D eigenvalue weighted by molar-refractivity contribution is 0.101. The fraction of sp³-hybridized carbons (Fsp3) is 0.375. The Hall–Kier alpha value is -1.90. The molecular formula is C16H19ClN4O3S. The molecular weight excluding hydrogens is 364 g/mol. The first-order valence-corrected chi connectivity index (χ1v) is 9.73. The van der Waals surface area contributed by atoms with Crippen molar-refractivity contribution in [2.45, 2.75) is 24.7 Å². The fourth-order valence-corrected chi connectivity index (χ4v) is 4.62. The summed E-state index contributed by atoms with van der Waals surface area (Å²) in [4.78, 5) is 12.6. The minimum Gasteiger partial charge on any atom is -0.321 e. The Morgan fingerprint density at radius 2 is 1.80 bits per heavy atom. The topological polar surface area (TPSA) is 84.3 Å². The van der Waals surface area contributed by atoms with Gasteiger partial charge in [-0.2, -0.15) is 9.40 Å². The van der Waals surface area contributed by atoms with Gasteiger partial charge in [0.1, 0.15) is 5.69 Å². The summed E-state index contributed by atoms with van der Waals surface area (Å²) in [6.07, 6.45) is 1.77. The summed E-state index contributed by atoms with van der Waals surface area (Å²) in [6.45, 7) is 2.83. The maximum Gasteiger partial charge on any atom is 0.275 e. The third-order valence-electron chi connectivity index (χ3n) is 4.18. The number of benzene rings is 1. The highest BCUT2D eigenvalue weighted by Crippen LogP contribution is 2.24. The van der Waals surface area contributed by atoms with Crippen LogP contribution >= 0.6 is 11.6 Å². The Labute approximate surface area is 151 Å². The molecule has 1 aliphatic heterocycles. The van der Waals surface area contributed by atoms with Gasteiger partial charge in [-0.25, -0.2) is 8.42 Å². The number of aryl methyl sites for hydroxylation is 2. The monoisotopic (exact) mass is 382 g/mol. The molecule has 7 nitrogen and oxygen atoms in total. The van der Waals surface area contributed by atoms with Gasteiger partial charge in [-0.1, -0.05) is 11.6 Å². The molecule has 1 N–H and O–H groups in total. The van der Waals surface area contributed by atoms with Crippen molar-refractivity contribution in [1.82, 2.24) is 14.1 Å². The van der Waals surface area contributed by atoms with Crippen LogP contribution in [0.15, 0.2) is 29.2 Å². The Morgan fingerprint density at radius 1 is 1.20 bits per heavy atom. The summed E-state index contributed by atoms with van der Waals surface area (Å²) in [7, 11) is -1.82. The number of nitrogens with one attached hydrogen (secondary N) is 1.